The van der Waals surface area contributed by atoms with Crippen molar-refractivity contribution >= 4 is 5.78 Å². The summed E-state index contributed by atoms with van der Waals surface area (Å²) in [6, 6.07) is 7.56. The van der Waals surface area contributed by atoms with Crippen molar-refractivity contribution in [3.8, 4) is 5.75 Å². The molecule has 23 heavy (non-hydrogen) atoms. The van der Waals surface area contributed by atoms with E-state index in [1.54, 1.807) is 31.2 Å². The molecule has 1 aliphatic carbocycles. The molecule has 0 spiro atoms. The summed E-state index contributed by atoms with van der Waals surface area (Å²) in [6.07, 6.45) is 8.50. The number of carbonyl (C=O) groups excluding carboxylic acids is 1. The van der Waals surface area contributed by atoms with Gasteiger partial charge in [-0.1, -0.05) is 32.1 Å². The number of ketones is 1. The lowest BCUT2D eigenvalue weighted by molar-refractivity contribution is 0.101. The Bertz CT molecular complexity index is 464. The number of ether oxygens (including phenoxy) is 1. The lowest BCUT2D eigenvalue weighted by Crippen LogP contribution is -2.38. The SMILES string of the molecule is CC(=O)c1ccc(OC[C@@H](O)CNC2CCCCCCC2)cc1. The Hall–Kier alpha value is -1.39. The molecule has 1 aromatic rings. The Morgan fingerprint density at radius 3 is 2.39 bits per heavy atom. The van der Waals surface area contributed by atoms with Crippen molar-refractivity contribution in [2.45, 2.75) is 64.0 Å². The first-order chi connectivity index (χ1) is 11.1. The number of carbonyl (C=O) groups is 1. The van der Waals surface area contributed by atoms with Crippen molar-refractivity contribution in [2.24, 2.45) is 0 Å². The second kappa shape index (κ2) is 9.68. The molecule has 128 valence electrons. The predicted octanol–water partition coefficient (Wildman–Crippen LogP) is 3.33. The van der Waals surface area contributed by atoms with Crippen molar-refractivity contribution in [3.05, 3.63) is 29.8 Å². The molecule has 0 unspecified atom stereocenters. The summed E-state index contributed by atoms with van der Waals surface area (Å²) >= 11 is 0. The molecule has 0 amide bonds. The third-order valence-electron chi connectivity index (χ3n) is 4.45. The molecule has 2 N–H and O–H groups in total. The summed E-state index contributed by atoms with van der Waals surface area (Å²) in [7, 11) is 0. The third kappa shape index (κ3) is 6.71. The third-order valence-corrected chi connectivity index (χ3v) is 4.45. The van der Waals surface area contributed by atoms with Gasteiger partial charge < -0.3 is 15.2 Å². The zero-order chi connectivity index (χ0) is 16.5. The highest BCUT2D eigenvalue weighted by atomic mass is 16.5. The average Bonchev–Trinajstić information content (AvgIpc) is 2.52. The monoisotopic (exact) mass is 319 g/mol. The number of aliphatic hydroxyl groups excluding tert-OH is 1. The normalized spacial score (nSPS) is 18.0. The van der Waals surface area contributed by atoms with E-state index in [0.29, 0.717) is 23.9 Å². The van der Waals surface area contributed by atoms with Gasteiger partial charge in [0.05, 0.1) is 0 Å². The first-order valence-corrected chi connectivity index (χ1v) is 8.80. The first kappa shape index (κ1) is 18.0. The topological polar surface area (TPSA) is 58.6 Å². The maximum absolute atomic E-state index is 11.2. The highest BCUT2D eigenvalue weighted by molar-refractivity contribution is 5.94. The minimum atomic E-state index is -0.520. The van der Waals surface area contributed by atoms with E-state index in [1.165, 1.54) is 44.9 Å². The van der Waals surface area contributed by atoms with Crippen LogP contribution in [0.1, 0.15) is 62.2 Å². The smallest absolute Gasteiger partial charge is 0.159 e. The van der Waals surface area contributed by atoms with E-state index >= 15 is 0 Å². The molecule has 0 saturated heterocycles. The van der Waals surface area contributed by atoms with Crippen LogP contribution in [0.15, 0.2) is 24.3 Å². The average molecular weight is 319 g/mol. The molecule has 1 aromatic carbocycles. The lowest BCUT2D eigenvalue weighted by atomic mass is 9.96. The summed E-state index contributed by atoms with van der Waals surface area (Å²) in [4.78, 5) is 11.2. The van der Waals surface area contributed by atoms with Crippen LogP contribution in [0.4, 0.5) is 0 Å². The second-order valence-electron chi connectivity index (χ2n) is 6.50. The number of rotatable bonds is 7. The van der Waals surface area contributed by atoms with Crippen LogP contribution in [0.5, 0.6) is 5.75 Å². The van der Waals surface area contributed by atoms with E-state index in [2.05, 4.69) is 5.32 Å². The van der Waals surface area contributed by atoms with E-state index < -0.39 is 6.10 Å². The Labute approximate surface area is 139 Å². The van der Waals surface area contributed by atoms with Gasteiger partial charge in [-0.15, -0.1) is 0 Å². The Kier molecular flexibility index (Phi) is 7.56. The highest BCUT2D eigenvalue weighted by Crippen LogP contribution is 2.17. The van der Waals surface area contributed by atoms with Crippen LogP contribution in [0.25, 0.3) is 0 Å². The van der Waals surface area contributed by atoms with Crippen LogP contribution in [-0.2, 0) is 0 Å². The number of hydrogen-bond donors (Lipinski definition) is 2. The molecule has 0 heterocycles. The van der Waals surface area contributed by atoms with Crippen molar-refractivity contribution in [3.63, 3.8) is 0 Å². The maximum Gasteiger partial charge on any atom is 0.159 e. The van der Waals surface area contributed by atoms with Crippen LogP contribution >= 0.6 is 0 Å². The van der Waals surface area contributed by atoms with E-state index in [0.717, 1.165) is 0 Å². The second-order valence-corrected chi connectivity index (χ2v) is 6.50. The standard InChI is InChI=1S/C19H29NO3/c1-15(21)16-9-11-19(12-10-16)23-14-18(22)13-20-17-7-5-3-2-4-6-8-17/h9-12,17-18,20,22H,2-8,13-14H2,1H3/t18-/m0/s1. The molecule has 4 nitrogen and oxygen atoms in total. The molecule has 1 fully saturated rings. The fourth-order valence-corrected chi connectivity index (χ4v) is 3.00. The van der Waals surface area contributed by atoms with Crippen LogP contribution in [0.3, 0.4) is 0 Å². The molecule has 1 saturated carbocycles. The van der Waals surface area contributed by atoms with E-state index in [-0.39, 0.29) is 12.4 Å². The lowest BCUT2D eigenvalue weighted by Gasteiger charge is -2.22. The first-order valence-electron chi connectivity index (χ1n) is 8.80. The number of nitrogens with one attached hydrogen (secondary N) is 1. The van der Waals surface area contributed by atoms with Gasteiger partial charge in [0.15, 0.2) is 5.78 Å². The fourth-order valence-electron chi connectivity index (χ4n) is 3.00. The highest BCUT2D eigenvalue weighted by Gasteiger charge is 2.13. The van der Waals surface area contributed by atoms with E-state index in [1.807, 2.05) is 0 Å². The number of hydrogen-bond acceptors (Lipinski definition) is 4. The summed E-state index contributed by atoms with van der Waals surface area (Å²) in [6.45, 7) is 2.37. The molecule has 4 heteroatoms. The Balaban J connectivity index is 1.67. The molecule has 0 aromatic heterocycles. The van der Waals surface area contributed by atoms with E-state index in [9.17, 15) is 9.90 Å². The maximum atomic E-state index is 11.2. The van der Waals surface area contributed by atoms with Gasteiger partial charge >= 0.3 is 0 Å². The minimum absolute atomic E-state index is 0.0417. The molecule has 1 aliphatic rings. The zero-order valence-corrected chi connectivity index (χ0v) is 14.1. The minimum Gasteiger partial charge on any atom is -0.491 e. The van der Waals surface area contributed by atoms with Crippen molar-refractivity contribution in [1.82, 2.24) is 5.32 Å². The van der Waals surface area contributed by atoms with Gasteiger partial charge in [-0.2, -0.15) is 0 Å². The molecule has 0 bridgehead atoms. The zero-order valence-electron chi connectivity index (χ0n) is 14.1. The summed E-state index contributed by atoms with van der Waals surface area (Å²) < 4.78 is 5.59. The quantitative estimate of drug-likeness (QED) is 0.757. The van der Waals surface area contributed by atoms with Gasteiger partial charge in [-0.3, -0.25) is 4.79 Å². The van der Waals surface area contributed by atoms with Crippen LogP contribution in [0.2, 0.25) is 0 Å². The molecule has 1 atom stereocenters. The van der Waals surface area contributed by atoms with Crippen LogP contribution in [-0.4, -0.2) is 36.2 Å². The number of benzene rings is 1. The van der Waals surface area contributed by atoms with Gasteiger partial charge in [0.1, 0.15) is 18.5 Å². The number of Topliss-reactive ketones (excluding diaryl/α,β-unsaturated/α-hetero) is 1. The van der Waals surface area contributed by atoms with Crippen LogP contribution in [0, 0.1) is 0 Å². The van der Waals surface area contributed by atoms with Gasteiger partial charge in [0.2, 0.25) is 0 Å². The predicted molar refractivity (Wildman–Crippen MR) is 92.1 cm³/mol. The fraction of sp³-hybridized carbons (Fsp3) is 0.632. The van der Waals surface area contributed by atoms with Gasteiger partial charge in [-0.25, -0.2) is 0 Å². The summed E-state index contributed by atoms with van der Waals surface area (Å²) in [5, 5.41) is 13.5. The molecule has 0 aliphatic heterocycles. The molecular formula is C19H29NO3. The molecule has 2 rings (SSSR count). The van der Waals surface area contributed by atoms with E-state index in [4.69, 9.17) is 4.74 Å². The molecule has 0 radical (unpaired) electrons. The Morgan fingerprint density at radius 2 is 1.78 bits per heavy atom. The van der Waals surface area contributed by atoms with Crippen molar-refractivity contribution in [2.75, 3.05) is 13.2 Å². The molecular weight excluding hydrogens is 290 g/mol. The van der Waals surface area contributed by atoms with Gasteiger partial charge in [-0.05, 0) is 44.0 Å². The van der Waals surface area contributed by atoms with Gasteiger partial charge in [0, 0.05) is 18.2 Å². The van der Waals surface area contributed by atoms with Crippen molar-refractivity contribution in [1.29, 1.82) is 0 Å². The number of aliphatic hydroxyl groups is 1. The summed E-state index contributed by atoms with van der Waals surface area (Å²) in [5.74, 6) is 0.722. The van der Waals surface area contributed by atoms with Crippen LogP contribution < -0.4 is 10.1 Å². The largest absolute Gasteiger partial charge is 0.491 e. The summed E-state index contributed by atoms with van der Waals surface area (Å²) in [5.41, 5.74) is 0.670. The van der Waals surface area contributed by atoms with Gasteiger partial charge in [0.25, 0.3) is 0 Å². The van der Waals surface area contributed by atoms with Crippen molar-refractivity contribution < 1.29 is 14.6 Å². The Morgan fingerprint density at radius 1 is 1.17 bits per heavy atom.